The number of aromatic hydroxyl groups is 1. The molecule has 2 rings (SSSR count). The monoisotopic (exact) mass is 202 g/mol. The molecule has 3 nitrogen and oxygen atoms in total. The van der Waals surface area contributed by atoms with Crippen LogP contribution in [0.4, 0.5) is 0 Å². The van der Waals surface area contributed by atoms with E-state index in [9.17, 15) is 0 Å². The SMILES string of the molecule is Oc1cnn(CCCc2ccccc2)c1. The molecule has 0 bridgehead atoms. The summed E-state index contributed by atoms with van der Waals surface area (Å²) in [5.74, 6) is 0.231. The minimum Gasteiger partial charge on any atom is -0.505 e. The molecule has 0 unspecified atom stereocenters. The largest absolute Gasteiger partial charge is 0.505 e. The van der Waals surface area contributed by atoms with E-state index in [1.54, 1.807) is 10.9 Å². The zero-order valence-corrected chi connectivity index (χ0v) is 8.50. The Morgan fingerprint density at radius 1 is 1.20 bits per heavy atom. The molecule has 1 aromatic heterocycles. The van der Waals surface area contributed by atoms with Crippen LogP contribution in [0.15, 0.2) is 42.7 Å². The highest BCUT2D eigenvalue weighted by Crippen LogP contribution is 2.07. The lowest BCUT2D eigenvalue weighted by molar-refractivity contribution is 0.472. The molecule has 1 N–H and O–H groups in total. The van der Waals surface area contributed by atoms with Gasteiger partial charge in [0, 0.05) is 6.54 Å². The minimum absolute atomic E-state index is 0.231. The molecule has 3 heteroatoms. The second-order valence-corrected chi connectivity index (χ2v) is 3.55. The molecule has 0 amide bonds. The predicted molar refractivity (Wildman–Crippen MR) is 58.7 cm³/mol. The van der Waals surface area contributed by atoms with Crippen molar-refractivity contribution in [1.29, 1.82) is 0 Å². The molecule has 0 spiro atoms. The molecule has 15 heavy (non-hydrogen) atoms. The zero-order chi connectivity index (χ0) is 10.5. The maximum absolute atomic E-state index is 9.09. The van der Waals surface area contributed by atoms with E-state index in [0.29, 0.717) is 0 Å². The smallest absolute Gasteiger partial charge is 0.153 e. The summed E-state index contributed by atoms with van der Waals surface area (Å²) < 4.78 is 1.76. The van der Waals surface area contributed by atoms with Crippen molar-refractivity contribution in [3.8, 4) is 5.75 Å². The van der Waals surface area contributed by atoms with E-state index in [4.69, 9.17) is 5.11 Å². The molecule has 0 aliphatic heterocycles. The zero-order valence-electron chi connectivity index (χ0n) is 8.50. The van der Waals surface area contributed by atoms with Crippen molar-refractivity contribution < 1.29 is 5.11 Å². The fourth-order valence-electron chi connectivity index (χ4n) is 1.56. The summed E-state index contributed by atoms with van der Waals surface area (Å²) in [6, 6.07) is 10.4. The van der Waals surface area contributed by atoms with Gasteiger partial charge in [-0.2, -0.15) is 5.10 Å². The predicted octanol–water partition coefficient (Wildman–Crippen LogP) is 2.22. The second kappa shape index (κ2) is 4.64. The molecule has 0 radical (unpaired) electrons. The first kappa shape index (κ1) is 9.77. The van der Waals surface area contributed by atoms with E-state index in [2.05, 4.69) is 29.4 Å². The highest BCUT2D eigenvalue weighted by atomic mass is 16.3. The minimum atomic E-state index is 0.231. The Morgan fingerprint density at radius 2 is 2.00 bits per heavy atom. The summed E-state index contributed by atoms with van der Waals surface area (Å²) in [4.78, 5) is 0. The number of nitrogens with zero attached hydrogens (tertiary/aromatic N) is 2. The second-order valence-electron chi connectivity index (χ2n) is 3.55. The van der Waals surface area contributed by atoms with Crippen molar-refractivity contribution in [3.63, 3.8) is 0 Å². The maximum atomic E-state index is 9.09. The van der Waals surface area contributed by atoms with Gasteiger partial charge in [-0.3, -0.25) is 4.68 Å². The van der Waals surface area contributed by atoms with Gasteiger partial charge in [-0.1, -0.05) is 30.3 Å². The summed E-state index contributed by atoms with van der Waals surface area (Å²) in [6.45, 7) is 0.843. The fraction of sp³-hybridized carbons (Fsp3) is 0.250. The topological polar surface area (TPSA) is 38.1 Å². The van der Waals surface area contributed by atoms with Gasteiger partial charge in [0.15, 0.2) is 5.75 Å². The summed E-state index contributed by atoms with van der Waals surface area (Å²) in [7, 11) is 0. The Bertz CT molecular complexity index is 409. The van der Waals surface area contributed by atoms with Crippen LogP contribution >= 0.6 is 0 Å². The molecule has 1 heterocycles. The van der Waals surface area contributed by atoms with Gasteiger partial charge in [-0.05, 0) is 18.4 Å². The molecule has 0 fully saturated rings. The number of benzene rings is 1. The number of aromatic nitrogens is 2. The van der Waals surface area contributed by atoms with Gasteiger partial charge in [0.05, 0.1) is 12.4 Å². The van der Waals surface area contributed by atoms with E-state index < -0.39 is 0 Å². The fourth-order valence-corrected chi connectivity index (χ4v) is 1.56. The molecular weight excluding hydrogens is 188 g/mol. The van der Waals surface area contributed by atoms with Crippen molar-refractivity contribution in [2.24, 2.45) is 0 Å². The van der Waals surface area contributed by atoms with E-state index in [1.165, 1.54) is 11.8 Å². The lowest BCUT2D eigenvalue weighted by atomic mass is 10.1. The van der Waals surface area contributed by atoms with Gasteiger partial charge in [-0.15, -0.1) is 0 Å². The molecule has 78 valence electrons. The molecule has 0 aliphatic carbocycles. The molecule has 0 atom stereocenters. The number of hydrogen-bond acceptors (Lipinski definition) is 2. The number of rotatable bonds is 4. The van der Waals surface area contributed by atoms with Crippen LogP contribution in [-0.4, -0.2) is 14.9 Å². The van der Waals surface area contributed by atoms with Crippen LogP contribution < -0.4 is 0 Å². The number of aryl methyl sites for hydroxylation is 2. The molecule has 2 aromatic rings. The van der Waals surface area contributed by atoms with E-state index in [-0.39, 0.29) is 5.75 Å². The Hall–Kier alpha value is -1.77. The summed E-state index contributed by atoms with van der Waals surface area (Å²) >= 11 is 0. The van der Waals surface area contributed by atoms with Crippen molar-refractivity contribution in [2.45, 2.75) is 19.4 Å². The quantitative estimate of drug-likeness (QED) is 0.825. The standard InChI is InChI=1S/C12H14N2O/c15-12-9-13-14(10-12)8-4-7-11-5-2-1-3-6-11/h1-3,5-6,9-10,15H,4,7-8H2. The van der Waals surface area contributed by atoms with Crippen LogP contribution in [0.3, 0.4) is 0 Å². The highest BCUT2D eigenvalue weighted by molar-refractivity contribution is 5.14. The van der Waals surface area contributed by atoms with Gasteiger partial charge in [0.1, 0.15) is 0 Å². The van der Waals surface area contributed by atoms with Crippen LogP contribution in [0, 0.1) is 0 Å². The average Bonchev–Trinajstić information content (AvgIpc) is 2.66. The summed E-state index contributed by atoms with van der Waals surface area (Å²) in [5.41, 5.74) is 1.34. The van der Waals surface area contributed by atoms with Crippen LogP contribution in [0.25, 0.3) is 0 Å². The summed E-state index contributed by atoms with van der Waals surface area (Å²) in [6.07, 6.45) is 5.18. The van der Waals surface area contributed by atoms with Gasteiger partial charge in [-0.25, -0.2) is 0 Å². The van der Waals surface area contributed by atoms with Gasteiger partial charge in [0.25, 0.3) is 0 Å². The van der Waals surface area contributed by atoms with Gasteiger partial charge >= 0.3 is 0 Å². The van der Waals surface area contributed by atoms with Crippen molar-refractivity contribution in [3.05, 3.63) is 48.3 Å². The van der Waals surface area contributed by atoms with E-state index >= 15 is 0 Å². The lowest BCUT2D eigenvalue weighted by Crippen LogP contribution is -1.99. The average molecular weight is 202 g/mol. The Labute approximate surface area is 89.0 Å². The van der Waals surface area contributed by atoms with Crippen molar-refractivity contribution >= 4 is 0 Å². The first-order valence-corrected chi connectivity index (χ1v) is 5.10. The van der Waals surface area contributed by atoms with Crippen LogP contribution in [0.2, 0.25) is 0 Å². The number of hydrogen-bond donors (Lipinski definition) is 1. The third-order valence-electron chi connectivity index (χ3n) is 2.32. The van der Waals surface area contributed by atoms with Crippen LogP contribution in [0.5, 0.6) is 5.75 Å². The van der Waals surface area contributed by atoms with Gasteiger partial charge < -0.3 is 5.11 Å². The molecule has 1 aromatic carbocycles. The molecule has 0 saturated carbocycles. The summed E-state index contributed by atoms with van der Waals surface area (Å²) in [5, 5.41) is 13.1. The van der Waals surface area contributed by atoms with Crippen LogP contribution in [0.1, 0.15) is 12.0 Å². The Balaban J connectivity index is 1.80. The third-order valence-corrected chi connectivity index (χ3v) is 2.32. The Morgan fingerprint density at radius 3 is 2.67 bits per heavy atom. The van der Waals surface area contributed by atoms with Crippen molar-refractivity contribution in [1.82, 2.24) is 9.78 Å². The molecule has 0 saturated heterocycles. The Kier molecular flexibility index (Phi) is 3.02. The van der Waals surface area contributed by atoms with Gasteiger partial charge in [0.2, 0.25) is 0 Å². The third kappa shape index (κ3) is 2.84. The van der Waals surface area contributed by atoms with Crippen molar-refractivity contribution in [2.75, 3.05) is 0 Å². The first-order chi connectivity index (χ1) is 7.34. The highest BCUT2D eigenvalue weighted by Gasteiger charge is 1.96. The molecular formula is C12H14N2O. The maximum Gasteiger partial charge on any atom is 0.153 e. The lowest BCUT2D eigenvalue weighted by Gasteiger charge is -2.01. The molecule has 0 aliphatic rings. The van der Waals surface area contributed by atoms with E-state index in [1.807, 2.05) is 6.07 Å². The normalized spacial score (nSPS) is 10.4. The van der Waals surface area contributed by atoms with E-state index in [0.717, 1.165) is 19.4 Å². The first-order valence-electron chi connectivity index (χ1n) is 5.10. The van der Waals surface area contributed by atoms with Crippen LogP contribution in [-0.2, 0) is 13.0 Å².